The number of unbranched alkanes of at least 4 members (excludes halogenated alkanes) is 1. The maximum absolute atomic E-state index is 8.86. The Morgan fingerprint density at radius 3 is 2.60 bits per heavy atom. The normalized spacial score (nSPS) is 10.6. The molecule has 0 saturated heterocycles. The van der Waals surface area contributed by atoms with Gasteiger partial charge in [-0.15, -0.1) is 5.92 Å². The van der Waals surface area contributed by atoms with Gasteiger partial charge >= 0.3 is 0 Å². The van der Waals surface area contributed by atoms with Gasteiger partial charge in [0.1, 0.15) is 0 Å². The van der Waals surface area contributed by atoms with Crippen molar-refractivity contribution in [1.82, 2.24) is 0 Å². The second kappa shape index (κ2) is 6.67. The molecule has 0 heterocycles. The van der Waals surface area contributed by atoms with Crippen LogP contribution in [0, 0.1) is 11.8 Å². The predicted octanol–water partition coefficient (Wildman–Crippen LogP) is 3.06. The zero-order valence-electron chi connectivity index (χ0n) is 8.90. The first-order valence-corrected chi connectivity index (χ1v) is 5.10. The van der Waals surface area contributed by atoms with E-state index >= 15 is 0 Å². The third kappa shape index (κ3) is 3.86. The lowest BCUT2D eigenvalue weighted by Crippen LogP contribution is -1.98. The summed E-state index contributed by atoms with van der Waals surface area (Å²) in [5, 5.41) is 12.1. The Kier molecular flexibility index (Phi) is 5.03. The maximum atomic E-state index is 8.86. The number of oxime groups is 1. The van der Waals surface area contributed by atoms with E-state index in [0.29, 0.717) is 12.1 Å². The monoisotopic (exact) mass is 201 g/mol. The van der Waals surface area contributed by atoms with Crippen molar-refractivity contribution in [3.05, 3.63) is 35.9 Å². The van der Waals surface area contributed by atoms with E-state index in [9.17, 15) is 0 Å². The Morgan fingerprint density at radius 2 is 2.00 bits per heavy atom. The summed E-state index contributed by atoms with van der Waals surface area (Å²) in [5.41, 5.74) is 1.55. The third-order valence-corrected chi connectivity index (χ3v) is 1.98. The van der Waals surface area contributed by atoms with Crippen LogP contribution in [0.5, 0.6) is 0 Å². The van der Waals surface area contributed by atoms with E-state index in [1.54, 1.807) is 0 Å². The molecule has 0 aliphatic carbocycles. The van der Waals surface area contributed by atoms with E-state index < -0.39 is 0 Å². The van der Waals surface area contributed by atoms with Crippen LogP contribution in [0.2, 0.25) is 0 Å². The Morgan fingerprint density at radius 1 is 1.27 bits per heavy atom. The molecule has 0 unspecified atom stereocenters. The lowest BCUT2D eigenvalue weighted by molar-refractivity contribution is 0.318. The van der Waals surface area contributed by atoms with Crippen LogP contribution in [0.4, 0.5) is 0 Å². The Labute approximate surface area is 90.6 Å². The van der Waals surface area contributed by atoms with Crippen LogP contribution in [0.15, 0.2) is 35.5 Å². The second-order valence-corrected chi connectivity index (χ2v) is 3.19. The lowest BCUT2D eigenvalue weighted by Gasteiger charge is -1.98. The van der Waals surface area contributed by atoms with Gasteiger partial charge in [-0.3, -0.25) is 0 Å². The van der Waals surface area contributed by atoms with Gasteiger partial charge in [0.2, 0.25) is 0 Å². The van der Waals surface area contributed by atoms with Crippen molar-refractivity contribution < 1.29 is 5.21 Å². The number of nitrogens with zero attached hydrogens (tertiary/aromatic N) is 1. The van der Waals surface area contributed by atoms with E-state index in [2.05, 4.69) is 23.9 Å². The van der Waals surface area contributed by atoms with Crippen molar-refractivity contribution >= 4 is 5.71 Å². The highest BCUT2D eigenvalue weighted by atomic mass is 16.4. The van der Waals surface area contributed by atoms with Crippen molar-refractivity contribution in [2.45, 2.75) is 26.2 Å². The number of hydrogen-bond acceptors (Lipinski definition) is 2. The molecule has 1 aromatic carbocycles. The molecule has 78 valence electrons. The molecule has 0 amide bonds. The molecule has 0 spiro atoms. The van der Waals surface area contributed by atoms with Gasteiger partial charge in [0, 0.05) is 12.0 Å². The molecule has 2 heteroatoms. The minimum atomic E-state index is 0.501. The second-order valence-electron chi connectivity index (χ2n) is 3.19. The standard InChI is InChI=1S/C13H15NO/c1-2-3-4-8-11-13(14-15)12-9-6-5-7-10-12/h5-7,9-10,15H,2-3,11H2,1H3. The van der Waals surface area contributed by atoms with Crippen LogP contribution in [-0.4, -0.2) is 10.9 Å². The lowest BCUT2D eigenvalue weighted by atomic mass is 10.1. The summed E-state index contributed by atoms with van der Waals surface area (Å²) in [6, 6.07) is 9.59. The summed E-state index contributed by atoms with van der Waals surface area (Å²) in [6.07, 6.45) is 2.46. The fourth-order valence-electron chi connectivity index (χ4n) is 1.19. The van der Waals surface area contributed by atoms with Crippen molar-refractivity contribution in [2.24, 2.45) is 5.16 Å². The average Bonchev–Trinajstić information content (AvgIpc) is 2.30. The molecule has 2 nitrogen and oxygen atoms in total. The van der Waals surface area contributed by atoms with E-state index in [4.69, 9.17) is 5.21 Å². The largest absolute Gasteiger partial charge is 0.411 e. The Balaban J connectivity index is 2.64. The van der Waals surface area contributed by atoms with Crippen molar-refractivity contribution in [3.63, 3.8) is 0 Å². The zero-order chi connectivity index (χ0) is 10.9. The van der Waals surface area contributed by atoms with Gasteiger partial charge in [0.25, 0.3) is 0 Å². The van der Waals surface area contributed by atoms with Gasteiger partial charge in [-0.1, -0.05) is 48.3 Å². The quantitative estimate of drug-likeness (QED) is 0.346. The fourth-order valence-corrected chi connectivity index (χ4v) is 1.19. The van der Waals surface area contributed by atoms with E-state index in [0.717, 1.165) is 18.4 Å². The molecule has 0 bridgehead atoms. The molecular formula is C13H15NO. The van der Waals surface area contributed by atoms with Crippen molar-refractivity contribution in [1.29, 1.82) is 0 Å². The average molecular weight is 201 g/mol. The van der Waals surface area contributed by atoms with Gasteiger partial charge < -0.3 is 5.21 Å². The van der Waals surface area contributed by atoms with Gasteiger partial charge in [0.15, 0.2) is 0 Å². The van der Waals surface area contributed by atoms with E-state index in [-0.39, 0.29) is 0 Å². The van der Waals surface area contributed by atoms with E-state index in [1.807, 2.05) is 30.3 Å². The molecule has 0 atom stereocenters. The number of hydrogen-bond donors (Lipinski definition) is 1. The summed E-state index contributed by atoms with van der Waals surface area (Å²) in [5.74, 6) is 6.02. The first-order chi connectivity index (χ1) is 7.38. The number of benzene rings is 1. The topological polar surface area (TPSA) is 32.6 Å². The molecule has 0 aliphatic rings. The van der Waals surface area contributed by atoms with Crippen LogP contribution >= 0.6 is 0 Å². The molecule has 0 radical (unpaired) electrons. The molecule has 1 rings (SSSR count). The number of rotatable bonds is 3. The Bertz CT molecular complexity index is 371. The third-order valence-electron chi connectivity index (χ3n) is 1.98. The Hall–Kier alpha value is -1.75. The minimum Gasteiger partial charge on any atom is -0.411 e. The molecule has 0 aromatic heterocycles. The highest BCUT2D eigenvalue weighted by molar-refractivity contribution is 6.01. The molecule has 0 aliphatic heterocycles. The van der Waals surface area contributed by atoms with Crippen LogP contribution in [0.1, 0.15) is 31.7 Å². The summed E-state index contributed by atoms with van der Waals surface area (Å²) < 4.78 is 0. The maximum Gasteiger partial charge on any atom is 0.0986 e. The zero-order valence-corrected chi connectivity index (χ0v) is 8.90. The summed E-state index contributed by atoms with van der Waals surface area (Å²) in [7, 11) is 0. The van der Waals surface area contributed by atoms with E-state index in [1.165, 1.54) is 0 Å². The molecule has 1 aromatic rings. The molecule has 15 heavy (non-hydrogen) atoms. The SMILES string of the molecule is CCCC#CCC(=NO)c1ccccc1. The van der Waals surface area contributed by atoms with Crippen LogP contribution in [-0.2, 0) is 0 Å². The smallest absolute Gasteiger partial charge is 0.0986 e. The molecular weight excluding hydrogens is 186 g/mol. The molecule has 0 fully saturated rings. The van der Waals surface area contributed by atoms with Crippen molar-refractivity contribution in [3.8, 4) is 11.8 Å². The van der Waals surface area contributed by atoms with Gasteiger partial charge in [-0.2, -0.15) is 0 Å². The summed E-state index contributed by atoms with van der Waals surface area (Å²) in [4.78, 5) is 0. The molecule has 0 saturated carbocycles. The highest BCUT2D eigenvalue weighted by Crippen LogP contribution is 2.03. The van der Waals surface area contributed by atoms with Gasteiger partial charge in [-0.25, -0.2) is 0 Å². The predicted molar refractivity (Wildman–Crippen MR) is 62.1 cm³/mol. The first kappa shape index (κ1) is 11.3. The first-order valence-electron chi connectivity index (χ1n) is 5.10. The highest BCUT2D eigenvalue weighted by Gasteiger charge is 2.00. The summed E-state index contributed by atoms with van der Waals surface area (Å²) in [6.45, 7) is 2.09. The van der Waals surface area contributed by atoms with Crippen LogP contribution in [0.25, 0.3) is 0 Å². The van der Waals surface area contributed by atoms with Crippen LogP contribution in [0.3, 0.4) is 0 Å². The van der Waals surface area contributed by atoms with Gasteiger partial charge in [0.05, 0.1) is 12.1 Å². The van der Waals surface area contributed by atoms with Crippen LogP contribution < -0.4 is 0 Å². The fraction of sp³-hybridized carbons (Fsp3) is 0.308. The molecule has 1 N–H and O–H groups in total. The van der Waals surface area contributed by atoms with Gasteiger partial charge in [-0.05, 0) is 6.42 Å². The minimum absolute atomic E-state index is 0.501. The summed E-state index contributed by atoms with van der Waals surface area (Å²) >= 11 is 0. The van der Waals surface area contributed by atoms with Crippen molar-refractivity contribution in [2.75, 3.05) is 0 Å².